The molecule has 0 amide bonds. The van der Waals surface area contributed by atoms with Crippen molar-refractivity contribution in [1.29, 1.82) is 0 Å². The largest absolute Gasteiger partial charge is 0.477 e. The predicted octanol–water partition coefficient (Wildman–Crippen LogP) is 20.1. The Balaban J connectivity index is 4.09. The first-order valence-electron chi connectivity index (χ1n) is 33.4. The van der Waals surface area contributed by atoms with E-state index in [4.69, 9.17) is 18.9 Å². The Morgan fingerprint density at radius 3 is 0.974 bits per heavy atom. The number of esters is 2. The molecule has 76 heavy (non-hydrogen) atoms. The standard InChI is InChI=1S/C67H129NO8/c1-6-8-10-12-14-16-18-20-22-24-26-28-30-31-32-33-34-35-36-38-40-42-44-46-48-50-52-54-56-58-65(70)76-63(62-75-67(66(71)72)73-60-59-68(3,4)5)61-74-64(69)57-55-53-51-49-47-45-43-41-39-37-29-27-25-23-21-19-17-15-13-11-9-7-2/h24,26,63,67H,6-23,25,27-62H2,1-5H3/p+1/b26-24-. The molecule has 0 radical (unpaired) electrons. The Hall–Kier alpha value is -1.97. The molecule has 0 aliphatic rings. The first kappa shape index (κ1) is 74.0. The van der Waals surface area contributed by atoms with Crippen molar-refractivity contribution >= 4 is 17.9 Å². The van der Waals surface area contributed by atoms with Crippen LogP contribution in [0.1, 0.15) is 341 Å². The summed E-state index contributed by atoms with van der Waals surface area (Å²) < 4.78 is 23.0. The van der Waals surface area contributed by atoms with Crippen LogP contribution in [0.5, 0.6) is 0 Å². The molecule has 0 spiro atoms. The fourth-order valence-corrected chi connectivity index (χ4v) is 10.1. The van der Waals surface area contributed by atoms with E-state index in [2.05, 4.69) is 26.0 Å². The topological polar surface area (TPSA) is 108 Å². The van der Waals surface area contributed by atoms with E-state index in [0.717, 1.165) is 38.5 Å². The number of allylic oxidation sites excluding steroid dienone is 2. The highest BCUT2D eigenvalue weighted by molar-refractivity contribution is 5.71. The smallest absolute Gasteiger partial charge is 0.361 e. The number of carboxylic acid groups (broad SMARTS) is 1. The summed E-state index contributed by atoms with van der Waals surface area (Å²) in [6.45, 7) is 4.95. The first-order chi connectivity index (χ1) is 37.1. The van der Waals surface area contributed by atoms with Gasteiger partial charge in [-0.3, -0.25) is 9.59 Å². The summed E-state index contributed by atoms with van der Waals surface area (Å²) >= 11 is 0. The summed E-state index contributed by atoms with van der Waals surface area (Å²) in [5, 5.41) is 9.73. The lowest BCUT2D eigenvalue weighted by molar-refractivity contribution is -0.870. The monoisotopic (exact) mass is 1080 g/mol. The molecular weight excluding hydrogens is 947 g/mol. The molecule has 0 aliphatic heterocycles. The highest BCUT2D eigenvalue weighted by atomic mass is 16.7. The number of hydrogen-bond donors (Lipinski definition) is 1. The summed E-state index contributed by atoms with van der Waals surface area (Å²) in [5.41, 5.74) is 0. The van der Waals surface area contributed by atoms with Crippen molar-refractivity contribution in [2.75, 3.05) is 47.5 Å². The molecular formula is C67H130NO8+. The SMILES string of the molecule is CCCCCCCCCC/C=C\CCCCCCCCCCCCCCCCCCCC(=O)OC(COC(=O)CCCCCCCCCCCCCCCCCCCCCCCC)COC(OCC[N+](C)(C)C)C(=O)O. The maximum atomic E-state index is 12.9. The molecule has 1 N–H and O–H groups in total. The van der Waals surface area contributed by atoms with E-state index >= 15 is 0 Å². The Bertz CT molecular complexity index is 1250. The van der Waals surface area contributed by atoms with Crippen molar-refractivity contribution in [2.24, 2.45) is 0 Å². The number of rotatable bonds is 63. The Morgan fingerprint density at radius 2 is 0.671 bits per heavy atom. The average molecular weight is 1080 g/mol. The van der Waals surface area contributed by atoms with Crippen LogP contribution < -0.4 is 0 Å². The van der Waals surface area contributed by atoms with Crippen LogP contribution in [-0.4, -0.2) is 87.4 Å². The third-order valence-corrected chi connectivity index (χ3v) is 15.3. The van der Waals surface area contributed by atoms with Gasteiger partial charge in [0, 0.05) is 12.8 Å². The number of carboxylic acids is 1. The predicted molar refractivity (Wildman–Crippen MR) is 323 cm³/mol. The van der Waals surface area contributed by atoms with Crippen molar-refractivity contribution < 1.29 is 42.9 Å². The van der Waals surface area contributed by atoms with Crippen molar-refractivity contribution in [3.8, 4) is 0 Å². The number of unbranched alkanes of at least 4 members (excludes halogenated alkanes) is 46. The molecule has 0 aliphatic carbocycles. The van der Waals surface area contributed by atoms with Crippen LogP contribution in [0.25, 0.3) is 0 Å². The normalized spacial score (nSPS) is 12.7. The van der Waals surface area contributed by atoms with Crippen LogP contribution in [0.2, 0.25) is 0 Å². The highest BCUT2D eigenvalue weighted by Gasteiger charge is 2.25. The molecule has 0 aromatic carbocycles. The van der Waals surface area contributed by atoms with Crippen LogP contribution in [0, 0.1) is 0 Å². The second-order valence-electron chi connectivity index (χ2n) is 24.1. The average Bonchev–Trinajstić information content (AvgIpc) is 3.39. The summed E-state index contributed by atoms with van der Waals surface area (Å²) in [6.07, 6.45) is 67.4. The quantitative estimate of drug-likeness (QED) is 0.0211. The van der Waals surface area contributed by atoms with E-state index < -0.39 is 18.4 Å². The Labute approximate surface area is 472 Å². The molecule has 0 saturated carbocycles. The van der Waals surface area contributed by atoms with Crippen molar-refractivity contribution in [3.05, 3.63) is 12.2 Å². The van der Waals surface area contributed by atoms with Gasteiger partial charge in [0.1, 0.15) is 13.2 Å². The third-order valence-electron chi connectivity index (χ3n) is 15.3. The Morgan fingerprint density at radius 1 is 0.382 bits per heavy atom. The van der Waals surface area contributed by atoms with E-state index in [1.165, 1.54) is 276 Å². The van der Waals surface area contributed by atoms with Crippen molar-refractivity contribution in [3.63, 3.8) is 0 Å². The van der Waals surface area contributed by atoms with Crippen molar-refractivity contribution in [2.45, 2.75) is 354 Å². The number of quaternary nitrogens is 1. The van der Waals surface area contributed by atoms with E-state index in [1.54, 1.807) is 0 Å². The number of likely N-dealkylation sites (N-methyl/N-ethyl adjacent to an activating group) is 1. The number of nitrogens with zero attached hydrogens (tertiary/aromatic N) is 1. The number of carbonyl (C=O) groups excluding carboxylic acids is 2. The van der Waals surface area contributed by atoms with Crippen LogP contribution >= 0.6 is 0 Å². The van der Waals surface area contributed by atoms with Crippen molar-refractivity contribution in [1.82, 2.24) is 0 Å². The number of aliphatic carboxylic acids is 1. The zero-order valence-corrected chi connectivity index (χ0v) is 51.5. The van der Waals surface area contributed by atoms with Crippen LogP contribution in [0.4, 0.5) is 0 Å². The number of ether oxygens (including phenoxy) is 4. The van der Waals surface area contributed by atoms with E-state index in [-0.39, 0.29) is 38.2 Å². The lowest BCUT2D eigenvalue weighted by Crippen LogP contribution is -2.40. The summed E-state index contributed by atoms with van der Waals surface area (Å²) in [4.78, 5) is 37.5. The van der Waals surface area contributed by atoms with E-state index in [0.29, 0.717) is 17.4 Å². The minimum Gasteiger partial charge on any atom is -0.477 e. The van der Waals surface area contributed by atoms with Gasteiger partial charge in [-0.2, -0.15) is 0 Å². The van der Waals surface area contributed by atoms with Gasteiger partial charge in [-0.1, -0.05) is 302 Å². The van der Waals surface area contributed by atoms with Crippen LogP contribution in [-0.2, 0) is 33.3 Å². The Kier molecular flexibility index (Phi) is 57.6. The van der Waals surface area contributed by atoms with Gasteiger partial charge in [0.05, 0.1) is 34.4 Å². The van der Waals surface area contributed by atoms with Gasteiger partial charge in [0.15, 0.2) is 6.10 Å². The molecule has 0 aromatic rings. The fraction of sp³-hybridized carbons (Fsp3) is 0.925. The molecule has 0 aromatic heterocycles. The van der Waals surface area contributed by atoms with Crippen LogP contribution in [0.3, 0.4) is 0 Å². The molecule has 0 bridgehead atoms. The molecule has 0 fully saturated rings. The van der Waals surface area contributed by atoms with E-state index in [9.17, 15) is 19.5 Å². The van der Waals surface area contributed by atoms with Gasteiger partial charge in [-0.25, -0.2) is 4.79 Å². The summed E-state index contributed by atoms with van der Waals surface area (Å²) in [5.74, 6) is -1.97. The fourth-order valence-electron chi connectivity index (χ4n) is 10.1. The second kappa shape index (κ2) is 59.2. The molecule has 0 heterocycles. The third kappa shape index (κ3) is 59.7. The molecule has 2 unspecified atom stereocenters. The second-order valence-corrected chi connectivity index (χ2v) is 24.1. The van der Waals surface area contributed by atoms with Gasteiger partial charge >= 0.3 is 17.9 Å². The number of carbonyl (C=O) groups is 3. The highest BCUT2D eigenvalue weighted by Crippen LogP contribution is 2.19. The molecule has 9 heteroatoms. The zero-order valence-electron chi connectivity index (χ0n) is 51.5. The molecule has 9 nitrogen and oxygen atoms in total. The minimum absolute atomic E-state index is 0.174. The molecule has 0 rings (SSSR count). The summed E-state index contributed by atoms with van der Waals surface area (Å²) in [6, 6.07) is 0. The zero-order chi connectivity index (χ0) is 55.5. The van der Waals surface area contributed by atoms with Gasteiger partial charge in [0.2, 0.25) is 0 Å². The minimum atomic E-state index is -1.51. The first-order valence-corrected chi connectivity index (χ1v) is 33.4. The van der Waals surface area contributed by atoms with Gasteiger partial charge in [-0.05, 0) is 38.5 Å². The van der Waals surface area contributed by atoms with Gasteiger partial charge in [-0.15, -0.1) is 0 Å². The van der Waals surface area contributed by atoms with Gasteiger partial charge in [0.25, 0.3) is 6.29 Å². The lowest BCUT2D eigenvalue weighted by Gasteiger charge is -2.25. The maximum Gasteiger partial charge on any atom is 0.361 e. The maximum absolute atomic E-state index is 12.9. The van der Waals surface area contributed by atoms with E-state index in [1.807, 2.05) is 21.1 Å². The lowest BCUT2D eigenvalue weighted by atomic mass is 10.0. The number of hydrogen-bond acceptors (Lipinski definition) is 7. The molecule has 450 valence electrons. The molecule has 2 atom stereocenters. The van der Waals surface area contributed by atoms with Crippen LogP contribution in [0.15, 0.2) is 12.2 Å². The summed E-state index contributed by atoms with van der Waals surface area (Å²) in [7, 11) is 5.99. The van der Waals surface area contributed by atoms with Gasteiger partial charge < -0.3 is 28.5 Å². The molecule has 0 saturated heterocycles.